The van der Waals surface area contributed by atoms with E-state index in [4.69, 9.17) is 4.74 Å². The van der Waals surface area contributed by atoms with Crippen LogP contribution in [-0.4, -0.2) is 55.3 Å². The molecule has 1 aliphatic rings. The number of nitrogens with zero attached hydrogens (tertiary/aromatic N) is 3. The van der Waals surface area contributed by atoms with E-state index in [1.807, 2.05) is 6.20 Å². The normalized spacial score (nSPS) is 20.4. The van der Waals surface area contributed by atoms with Gasteiger partial charge in [0.25, 0.3) is 0 Å². The van der Waals surface area contributed by atoms with Crippen LogP contribution >= 0.6 is 0 Å². The van der Waals surface area contributed by atoms with E-state index in [9.17, 15) is 0 Å². The number of anilines is 1. The highest BCUT2D eigenvalue weighted by Gasteiger charge is 2.36. The van der Waals surface area contributed by atoms with E-state index in [-0.39, 0.29) is 11.6 Å². The van der Waals surface area contributed by atoms with Gasteiger partial charge in [0.2, 0.25) is 0 Å². The van der Waals surface area contributed by atoms with Gasteiger partial charge in [0, 0.05) is 24.3 Å². The maximum atomic E-state index is 6.01. The maximum Gasteiger partial charge on any atom is 0.0928 e. The molecule has 1 fully saturated rings. The van der Waals surface area contributed by atoms with Crippen molar-refractivity contribution < 1.29 is 4.74 Å². The van der Waals surface area contributed by atoms with Crippen molar-refractivity contribution in [3.05, 3.63) is 24.0 Å². The van der Waals surface area contributed by atoms with Crippen LogP contribution in [-0.2, 0) is 4.74 Å². The molecule has 4 nitrogen and oxygen atoms in total. The molecule has 0 spiro atoms. The van der Waals surface area contributed by atoms with Crippen LogP contribution < -0.4 is 4.90 Å². The molecule has 0 aliphatic carbocycles. The standard InChI is InChI=1S/C17H29N3O/c1-13(2)15-8-7-14(11-18-15)20-9-10-21-16(12-20)17(3,4)19(5)6/h7-8,11,13,16H,9-10,12H2,1-6H3. The second kappa shape index (κ2) is 6.32. The van der Waals surface area contributed by atoms with Gasteiger partial charge < -0.3 is 14.5 Å². The number of likely N-dealkylation sites (N-methyl/N-ethyl adjacent to an activating group) is 1. The first-order chi connectivity index (χ1) is 9.82. The predicted octanol–water partition coefficient (Wildman–Crippen LogP) is 2.75. The lowest BCUT2D eigenvalue weighted by atomic mass is 9.94. The van der Waals surface area contributed by atoms with E-state index >= 15 is 0 Å². The molecule has 1 saturated heterocycles. The van der Waals surface area contributed by atoms with Crippen LogP contribution in [0.25, 0.3) is 0 Å². The van der Waals surface area contributed by atoms with Gasteiger partial charge in [0.1, 0.15) is 0 Å². The maximum absolute atomic E-state index is 6.01. The second-order valence-electron chi connectivity index (χ2n) is 6.95. The number of rotatable bonds is 4. The van der Waals surface area contributed by atoms with Gasteiger partial charge in [-0.05, 0) is 46.0 Å². The molecule has 0 saturated carbocycles. The highest BCUT2D eigenvalue weighted by Crippen LogP contribution is 2.26. The summed E-state index contributed by atoms with van der Waals surface area (Å²) in [6.07, 6.45) is 2.20. The van der Waals surface area contributed by atoms with Crippen LogP contribution in [0.3, 0.4) is 0 Å². The highest BCUT2D eigenvalue weighted by atomic mass is 16.5. The number of pyridine rings is 1. The lowest BCUT2D eigenvalue weighted by Crippen LogP contribution is -2.57. The quantitative estimate of drug-likeness (QED) is 0.853. The van der Waals surface area contributed by atoms with Gasteiger partial charge in [-0.1, -0.05) is 13.8 Å². The van der Waals surface area contributed by atoms with Crippen molar-refractivity contribution in [1.29, 1.82) is 0 Å². The first kappa shape index (κ1) is 16.2. The van der Waals surface area contributed by atoms with Crippen molar-refractivity contribution in [3.63, 3.8) is 0 Å². The molecule has 1 aromatic heterocycles. The lowest BCUT2D eigenvalue weighted by molar-refractivity contribution is -0.0484. The average Bonchev–Trinajstić information content (AvgIpc) is 2.47. The first-order valence-corrected chi connectivity index (χ1v) is 7.82. The van der Waals surface area contributed by atoms with Crippen molar-refractivity contribution >= 4 is 5.69 Å². The van der Waals surface area contributed by atoms with Crippen molar-refractivity contribution in [1.82, 2.24) is 9.88 Å². The Morgan fingerprint density at radius 2 is 2.05 bits per heavy atom. The fourth-order valence-electron chi connectivity index (χ4n) is 2.53. The Balaban J connectivity index is 2.10. The molecule has 0 N–H and O–H groups in total. The molecule has 0 amide bonds. The van der Waals surface area contributed by atoms with Crippen molar-refractivity contribution in [2.24, 2.45) is 0 Å². The molecule has 21 heavy (non-hydrogen) atoms. The zero-order valence-electron chi connectivity index (χ0n) is 14.3. The van der Waals surface area contributed by atoms with E-state index in [1.165, 1.54) is 5.69 Å². The van der Waals surface area contributed by atoms with E-state index in [0.29, 0.717) is 5.92 Å². The van der Waals surface area contributed by atoms with Crippen LogP contribution in [0.1, 0.15) is 39.3 Å². The minimum atomic E-state index is 0.0178. The number of aromatic nitrogens is 1. The fraction of sp³-hybridized carbons (Fsp3) is 0.706. The molecule has 118 valence electrons. The van der Waals surface area contributed by atoms with Gasteiger partial charge in [-0.15, -0.1) is 0 Å². The Hall–Kier alpha value is -1.13. The van der Waals surface area contributed by atoms with Gasteiger partial charge in [0.05, 0.1) is 24.6 Å². The zero-order valence-corrected chi connectivity index (χ0v) is 14.3. The summed E-state index contributed by atoms with van der Waals surface area (Å²) < 4.78 is 6.01. The van der Waals surface area contributed by atoms with Gasteiger partial charge in [0.15, 0.2) is 0 Å². The van der Waals surface area contributed by atoms with Crippen LogP contribution in [0.15, 0.2) is 18.3 Å². The van der Waals surface area contributed by atoms with Crippen LogP contribution in [0, 0.1) is 0 Å². The number of hydrogen-bond donors (Lipinski definition) is 0. The van der Waals surface area contributed by atoms with Crippen molar-refractivity contribution in [3.8, 4) is 0 Å². The third kappa shape index (κ3) is 3.55. The molecular formula is C17H29N3O. The third-order valence-corrected chi connectivity index (χ3v) is 4.73. The SMILES string of the molecule is CC(C)c1ccc(N2CCOC(C(C)(C)N(C)C)C2)cn1. The molecule has 2 rings (SSSR count). The van der Waals surface area contributed by atoms with Gasteiger partial charge in [-0.3, -0.25) is 4.98 Å². The molecular weight excluding hydrogens is 262 g/mol. The topological polar surface area (TPSA) is 28.6 Å². The molecule has 2 heterocycles. The van der Waals surface area contributed by atoms with E-state index < -0.39 is 0 Å². The highest BCUT2D eigenvalue weighted by molar-refractivity contribution is 5.45. The van der Waals surface area contributed by atoms with Crippen molar-refractivity contribution in [2.45, 2.75) is 45.3 Å². The first-order valence-electron chi connectivity index (χ1n) is 7.82. The van der Waals surface area contributed by atoms with E-state index in [0.717, 1.165) is 25.4 Å². The van der Waals surface area contributed by atoms with Gasteiger partial charge in [-0.2, -0.15) is 0 Å². The molecule has 4 heteroatoms. The van der Waals surface area contributed by atoms with Gasteiger partial charge in [-0.25, -0.2) is 0 Å². The largest absolute Gasteiger partial charge is 0.373 e. The number of ether oxygens (including phenoxy) is 1. The summed E-state index contributed by atoms with van der Waals surface area (Å²) in [5.41, 5.74) is 2.36. The number of hydrogen-bond acceptors (Lipinski definition) is 4. The molecule has 1 aromatic rings. The Labute approximate surface area is 129 Å². The molecule has 1 unspecified atom stereocenters. The van der Waals surface area contributed by atoms with Crippen LogP contribution in [0.5, 0.6) is 0 Å². The predicted molar refractivity (Wildman–Crippen MR) is 88.0 cm³/mol. The minimum absolute atomic E-state index is 0.0178. The summed E-state index contributed by atoms with van der Waals surface area (Å²) in [5, 5.41) is 0. The summed E-state index contributed by atoms with van der Waals surface area (Å²) in [6, 6.07) is 4.33. The monoisotopic (exact) mass is 291 g/mol. The summed E-state index contributed by atoms with van der Waals surface area (Å²) in [4.78, 5) is 9.21. The smallest absolute Gasteiger partial charge is 0.0928 e. The van der Waals surface area contributed by atoms with E-state index in [2.05, 4.69) is 68.7 Å². The number of morpholine rings is 1. The zero-order chi connectivity index (χ0) is 15.6. The second-order valence-corrected chi connectivity index (χ2v) is 6.95. The fourth-order valence-corrected chi connectivity index (χ4v) is 2.53. The van der Waals surface area contributed by atoms with Crippen molar-refractivity contribution in [2.75, 3.05) is 38.7 Å². The van der Waals surface area contributed by atoms with Gasteiger partial charge >= 0.3 is 0 Å². The molecule has 0 radical (unpaired) electrons. The summed E-state index contributed by atoms with van der Waals surface area (Å²) >= 11 is 0. The average molecular weight is 291 g/mol. The third-order valence-electron chi connectivity index (χ3n) is 4.73. The molecule has 1 atom stereocenters. The summed E-state index contributed by atoms with van der Waals surface area (Å²) in [5.74, 6) is 0.476. The Bertz CT molecular complexity index is 454. The molecule has 0 aromatic carbocycles. The summed E-state index contributed by atoms with van der Waals surface area (Å²) in [7, 11) is 4.22. The minimum Gasteiger partial charge on any atom is -0.373 e. The molecule has 0 bridgehead atoms. The molecule has 1 aliphatic heterocycles. The Morgan fingerprint density at radius 1 is 1.33 bits per heavy atom. The Kier molecular flexibility index (Phi) is 4.89. The van der Waals surface area contributed by atoms with Crippen LogP contribution in [0.4, 0.5) is 5.69 Å². The lowest BCUT2D eigenvalue weighted by Gasteiger charge is -2.45. The van der Waals surface area contributed by atoms with Crippen LogP contribution in [0.2, 0.25) is 0 Å². The van der Waals surface area contributed by atoms with E-state index in [1.54, 1.807) is 0 Å². The Morgan fingerprint density at radius 3 is 2.57 bits per heavy atom. The summed E-state index contributed by atoms with van der Waals surface area (Å²) in [6.45, 7) is 11.4.